The first-order valence-corrected chi connectivity index (χ1v) is 11.9. The van der Waals surface area contributed by atoms with E-state index in [1.54, 1.807) is 12.1 Å². The van der Waals surface area contributed by atoms with Crippen LogP contribution in [-0.4, -0.2) is 52.2 Å². The van der Waals surface area contributed by atoms with Gasteiger partial charge in [-0.3, -0.25) is 4.79 Å². The Morgan fingerprint density at radius 1 is 1.20 bits per heavy atom. The molecule has 0 radical (unpaired) electrons. The van der Waals surface area contributed by atoms with E-state index in [4.69, 9.17) is 0 Å². The average Bonchev–Trinajstić information content (AvgIpc) is 3.27. The number of fused-ring (bicyclic) bond motifs is 1. The number of nitrogens with zero attached hydrogens (tertiary/aromatic N) is 3. The fourth-order valence-corrected chi connectivity index (χ4v) is 5.99. The molecule has 2 N–H and O–H groups in total. The topological polar surface area (TPSA) is 112 Å². The molecule has 10 heteroatoms. The summed E-state index contributed by atoms with van der Waals surface area (Å²) in [6.45, 7) is 0.209. The van der Waals surface area contributed by atoms with E-state index in [0.29, 0.717) is 30.4 Å². The number of piperidine rings is 1. The average molecular weight is 447 g/mol. The second-order valence-electron chi connectivity index (χ2n) is 7.24. The van der Waals surface area contributed by atoms with Crippen LogP contribution in [0.4, 0.5) is 0 Å². The highest BCUT2D eigenvalue weighted by Gasteiger charge is 2.35. The first kappa shape index (κ1) is 20.9. The third kappa shape index (κ3) is 4.08. The highest BCUT2D eigenvalue weighted by Crippen LogP contribution is 2.28. The summed E-state index contributed by atoms with van der Waals surface area (Å²) in [4.78, 5) is 13.0. The summed E-state index contributed by atoms with van der Waals surface area (Å²) in [5.74, 6) is -0.745. The highest BCUT2D eigenvalue weighted by molar-refractivity contribution is 7.89. The lowest BCUT2D eigenvalue weighted by Crippen LogP contribution is -2.46. The number of aliphatic hydroxyl groups excluding tert-OH is 1. The van der Waals surface area contributed by atoms with Crippen molar-refractivity contribution >= 4 is 38.7 Å². The van der Waals surface area contributed by atoms with Crippen LogP contribution in [0.25, 0.3) is 11.0 Å². The van der Waals surface area contributed by atoms with Gasteiger partial charge in [0.05, 0.1) is 30.3 Å². The van der Waals surface area contributed by atoms with Crippen LogP contribution < -0.4 is 5.32 Å². The van der Waals surface area contributed by atoms with Crippen LogP contribution in [0.5, 0.6) is 0 Å². The fraction of sp³-hybridized carbons (Fsp3) is 0.350. The van der Waals surface area contributed by atoms with Crippen molar-refractivity contribution in [3.8, 4) is 0 Å². The molecule has 4 rings (SSSR count). The molecule has 0 unspecified atom stereocenters. The van der Waals surface area contributed by atoms with E-state index in [-0.39, 0.29) is 24.0 Å². The van der Waals surface area contributed by atoms with E-state index >= 15 is 0 Å². The first-order chi connectivity index (χ1) is 14.5. The van der Waals surface area contributed by atoms with Crippen molar-refractivity contribution in [3.63, 3.8) is 0 Å². The highest BCUT2D eigenvalue weighted by atomic mass is 32.2. The molecule has 0 spiro atoms. The smallest absolute Gasteiger partial charge is 0.245 e. The molecule has 30 heavy (non-hydrogen) atoms. The molecular formula is C20H22N4O4S2. The fourth-order valence-electron chi connectivity index (χ4n) is 3.71. The maximum Gasteiger partial charge on any atom is 0.245 e. The van der Waals surface area contributed by atoms with E-state index < -0.39 is 22.0 Å². The molecule has 1 amide bonds. The normalized spacial score (nSPS) is 18.9. The number of aromatic nitrogens is 2. The van der Waals surface area contributed by atoms with Gasteiger partial charge in [0.1, 0.15) is 15.9 Å². The van der Waals surface area contributed by atoms with Crippen LogP contribution in [0, 0.1) is 5.92 Å². The molecule has 1 saturated heterocycles. The molecule has 0 saturated carbocycles. The summed E-state index contributed by atoms with van der Waals surface area (Å²) in [6, 6.07) is 13.6. The minimum atomic E-state index is -3.80. The van der Waals surface area contributed by atoms with Crippen molar-refractivity contribution < 1.29 is 18.3 Å². The number of benzene rings is 2. The van der Waals surface area contributed by atoms with E-state index in [2.05, 4.69) is 14.1 Å². The summed E-state index contributed by atoms with van der Waals surface area (Å²) in [5, 5.41) is 12.6. The van der Waals surface area contributed by atoms with Crippen molar-refractivity contribution in [2.75, 3.05) is 19.7 Å². The van der Waals surface area contributed by atoms with E-state index in [1.807, 2.05) is 30.3 Å². The van der Waals surface area contributed by atoms with Crippen LogP contribution in [0.15, 0.2) is 53.4 Å². The predicted octanol–water partition coefficient (Wildman–Crippen LogP) is 1.94. The van der Waals surface area contributed by atoms with Gasteiger partial charge in [-0.15, -0.1) is 0 Å². The van der Waals surface area contributed by atoms with E-state index in [9.17, 15) is 18.3 Å². The standard InChI is InChI=1S/C20H22N4O4S2/c25-13-17(14-6-2-1-3-7-14)21-20(26)15-8-5-11-24(12-15)30(27,28)18-10-4-9-16-19(18)23-29-22-16/h1-4,6-7,9-10,15,17,25H,5,8,11-13H2,(H,21,26)/t15-,17-/m1/s1. The molecule has 2 heterocycles. The van der Waals surface area contributed by atoms with Crippen LogP contribution in [-0.2, 0) is 14.8 Å². The van der Waals surface area contributed by atoms with Crippen LogP contribution in [0.3, 0.4) is 0 Å². The number of nitrogens with one attached hydrogen (secondary N) is 1. The van der Waals surface area contributed by atoms with Gasteiger partial charge in [-0.2, -0.15) is 13.1 Å². The maximum atomic E-state index is 13.3. The summed E-state index contributed by atoms with van der Waals surface area (Å²) in [5.41, 5.74) is 1.70. The molecule has 2 atom stereocenters. The van der Waals surface area contributed by atoms with Gasteiger partial charge in [0.25, 0.3) is 0 Å². The maximum absolute atomic E-state index is 13.3. The molecule has 1 aliphatic heterocycles. The number of amides is 1. The lowest BCUT2D eigenvalue weighted by molar-refractivity contribution is -0.127. The lowest BCUT2D eigenvalue weighted by atomic mass is 9.97. The van der Waals surface area contributed by atoms with Crippen LogP contribution >= 0.6 is 11.7 Å². The summed E-state index contributed by atoms with van der Waals surface area (Å²) in [6.07, 6.45) is 1.17. The monoisotopic (exact) mass is 446 g/mol. The summed E-state index contributed by atoms with van der Waals surface area (Å²) in [7, 11) is -3.80. The van der Waals surface area contributed by atoms with Crippen molar-refractivity contribution in [2.45, 2.75) is 23.8 Å². The Kier molecular flexibility index (Phi) is 6.09. The molecule has 2 aromatic carbocycles. The van der Waals surface area contributed by atoms with Crippen molar-refractivity contribution in [2.24, 2.45) is 5.92 Å². The molecule has 158 valence electrons. The Balaban J connectivity index is 1.51. The Morgan fingerprint density at radius 2 is 2.00 bits per heavy atom. The SMILES string of the molecule is O=C(N[C@H](CO)c1ccccc1)[C@@H]1CCCN(S(=O)(=O)c2cccc3nsnc23)C1. The minimum absolute atomic E-state index is 0.0923. The Morgan fingerprint density at radius 3 is 2.77 bits per heavy atom. The first-order valence-electron chi connectivity index (χ1n) is 9.68. The minimum Gasteiger partial charge on any atom is -0.394 e. The van der Waals surface area contributed by atoms with Gasteiger partial charge in [0.15, 0.2) is 0 Å². The number of carbonyl (C=O) groups excluding carboxylic acids is 1. The lowest BCUT2D eigenvalue weighted by Gasteiger charge is -2.32. The second-order valence-corrected chi connectivity index (χ2v) is 9.68. The Bertz CT molecular complexity index is 1130. The van der Waals surface area contributed by atoms with Gasteiger partial charge in [0.2, 0.25) is 15.9 Å². The molecule has 0 bridgehead atoms. The van der Waals surface area contributed by atoms with Gasteiger partial charge in [-0.05, 0) is 30.5 Å². The van der Waals surface area contributed by atoms with Crippen LogP contribution in [0.1, 0.15) is 24.4 Å². The molecule has 1 fully saturated rings. The molecule has 0 aliphatic carbocycles. The Hall–Kier alpha value is -2.40. The predicted molar refractivity (Wildman–Crippen MR) is 113 cm³/mol. The van der Waals surface area contributed by atoms with Gasteiger partial charge >= 0.3 is 0 Å². The number of hydrogen-bond donors (Lipinski definition) is 2. The molecular weight excluding hydrogens is 424 g/mol. The zero-order valence-electron chi connectivity index (χ0n) is 16.1. The van der Waals surface area contributed by atoms with Gasteiger partial charge in [-0.25, -0.2) is 8.42 Å². The number of hydrogen-bond acceptors (Lipinski definition) is 7. The van der Waals surface area contributed by atoms with Crippen molar-refractivity contribution in [3.05, 3.63) is 54.1 Å². The zero-order valence-corrected chi connectivity index (χ0v) is 17.8. The molecule has 8 nitrogen and oxygen atoms in total. The summed E-state index contributed by atoms with van der Waals surface area (Å²) < 4.78 is 36.1. The third-order valence-electron chi connectivity index (χ3n) is 5.32. The van der Waals surface area contributed by atoms with Gasteiger partial charge in [0, 0.05) is 13.1 Å². The van der Waals surface area contributed by atoms with Crippen LogP contribution in [0.2, 0.25) is 0 Å². The molecule has 1 aromatic heterocycles. The number of carbonyl (C=O) groups is 1. The number of aliphatic hydroxyl groups is 1. The largest absolute Gasteiger partial charge is 0.394 e. The van der Waals surface area contributed by atoms with Crippen molar-refractivity contribution in [1.82, 2.24) is 18.4 Å². The van der Waals surface area contributed by atoms with Gasteiger partial charge in [-0.1, -0.05) is 36.4 Å². The third-order valence-corrected chi connectivity index (χ3v) is 7.76. The summed E-state index contributed by atoms with van der Waals surface area (Å²) >= 11 is 0.972. The molecule has 1 aliphatic rings. The second kappa shape index (κ2) is 8.76. The Labute approximate surface area is 178 Å². The number of sulfonamides is 1. The van der Waals surface area contributed by atoms with E-state index in [0.717, 1.165) is 17.3 Å². The zero-order chi connectivity index (χ0) is 21.1. The number of rotatable bonds is 6. The van der Waals surface area contributed by atoms with E-state index in [1.165, 1.54) is 10.4 Å². The quantitative estimate of drug-likeness (QED) is 0.598. The van der Waals surface area contributed by atoms with Gasteiger partial charge < -0.3 is 10.4 Å². The van der Waals surface area contributed by atoms with Crippen molar-refractivity contribution in [1.29, 1.82) is 0 Å². The molecule has 3 aromatic rings.